The molecule has 0 aliphatic rings. The van der Waals surface area contributed by atoms with Crippen molar-refractivity contribution < 1.29 is 14.8 Å². The minimum atomic E-state index is -1.03. The van der Waals surface area contributed by atoms with Crippen molar-refractivity contribution in [2.24, 2.45) is 0 Å². The van der Waals surface area contributed by atoms with E-state index in [2.05, 4.69) is 6.92 Å². The molecule has 0 bridgehead atoms. The molecule has 5 heteroatoms. The van der Waals surface area contributed by atoms with Crippen LogP contribution in [0.1, 0.15) is 61.4 Å². The molecule has 1 rings (SSSR count). The Morgan fingerprint density at radius 3 is 2.63 bits per heavy atom. The van der Waals surface area contributed by atoms with Crippen LogP contribution in [-0.4, -0.2) is 16.0 Å². The summed E-state index contributed by atoms with van der Waals surface area (Å²) >= 11 is 0. The van der Waals surface area contributed by atoms with Crippen molar-refractivity contribution in [1.29, 1.82) is 0 Å². The second kappa shape index (κ2) is 6.87. The zero-order valence-corrected chi connectivity index (χ0v) is 11.3. The van der Waals surface area contributed by atoms with E-state index in [9.17, 15) is 14.9 Å². The van der Waals surface area contributed by atoms with Crippen LogP contribution in [-0.2, 0) is 0 Å². The third-order valence-electron chi connectivity index (χ3n) is 3.25. The Hall–Kier alpha value is -1.91. The van der Waals surface area contributed by atoms with Crippen molar-refractivity contribution in [1.82, 2.24) is 0 Å². The van der Waals surface area contributed by atoms with E-state index < -0.39 is 10.9 Å². The molecule has 0 aliphatic carbocycles. The molecule has 1 aromatic carbocycles. The summed E-state index contributed by atoms with van der Waals surface area (Å²) in [7, 11) is 0. The van der Waals surface area contributed by atoms with Crippen LogP contribution in [0.3, 0.4) is 0 Å². The molecule has 0 saturated carbocycles. The number of benzene rings is 1. The van der Waals surface area contributed by atoms with Crippen LogP contribution < -0.4 is 0 Å². The number of carboxylic acids is 1. The third-order valence-corrected chi connectivity index (χ3v) is 3.25. The predicted molar refractivity (Wildman–Crippen MR) is 72.6 cm³/mol. The van der Waals surface area contributed by atoms with E-state index in [-0.39, 0.29) is 17.2 Å². The first-order valence-electron chi connectivity index (χ1n) is 6.49. The smallest absolute Gasteiger partial charge is 0.335 e. The fourth-order valence-corrected chi connectivity index (χ4v) is 2.12. The van der Waals surface area contributed by atoms with Gasteiger partial charge in [0, 0.05) is 12.1 Å². The fraction of sp³-hybridized carbons (Fsp3) is 0.500. The summed E-state index contributed by atoms with van der Waals surface area (Å²) in [6.07, 6.45) is 4.02. The van der Waals surface area contributed by atoms with Gasteiger partial charge in [0.25, 0.3) is 5.69 Å². The van der Waals surface area contributed by atoms with Crippen LogP contribution in [0.4, 0.5) is 5.69 Å². The Morgan fingerprint density at radius 1 is 1.42 bits per heavy atom. The van der Waals surface area contributed by atoms with Gasteiger partial charge in [-0.2, -0.15) is 0 Å². The molecule has 1 N–H and O–H groups in total. The molecule has 0 aliphatic heterocycles. The monoisotopic (exact) mass is 265 g/mol. The molecule has 0 spiro atoms. The topological polar surface area (TPSA) is 80.4 Å². The average Bonchev–Trinajstić information content (AvgIpc) is 2.37. The molecule has 19 heavy (non-hydrogen) atoms. The summed E-state index contributed by atoms with van der Waals surface area (Å²) in [4.78, 5) is 21.5. The van der Waals surface area contributed by atoms with Gasteiger partial charge >= 0.3 is 5.97 Å². The van der Waals surface area contributed by atoms with Crippen molar-refractivity contribution in [3.63, 3.8) is 0 Å². The van der Waals surface area contributed by atoms with Crippen molar-refractivity contribution in [3.05, 3.63) is 39.4 Å². The third kappa shape index (κ3) is 4.05. The first-order chi connectivity index (χ1) is 8.97. The highest BCUT2D eigenvalue weighted by Crippen LogP contribution is 2.28. The number of carbonyl (C=O) groups is 1. The van der Waals surface area contributed by atoms with Crippen LogP contribution >= 0.6 is 0 Å². The Kier molecular flexibility index (Phi) is 5.48. The first-order valence-corrected chi connectivity index (χ1v) is 6.49. The molecule has 0 saturated heterocycles. The molecule has 0 heterocycles. The summed E-state index contributed by atoms with van der Waals surface area (Å²) in [5.74, 6) is -1.02. The lowest BCUT2D eigenvalue weighted by Crippen LogP contribution is -2.06. The molecule has 5 nitrogen and oxygen atoms in total. The molecule has 1 unspecified atom stereocenters. The maximum absolute atomic E-state index is 11.2. The van der Waals surface area contributed by atoms with Gasteiger partial charge in [-0.25, -0.2) is 4.79 Å². The quantitative estimate of drug-likeness (QED) is 0.459. The van der Waals surface area contributed by atoms with Crippen LogP contribution in [0.15, 0.2) is 18.2 Å². The Morgan fingerprint density at radius 2 is 2.11 bits per heavy atom. The normalized spacial score (nSPS) is 12.1. The van der Waals surface area contributed by atoms with E-state index in [0.29, 0.717) is 5.56 Å². The molecule has 104 valence electrons. The largest absolute Gasteiger partial charge is 0.478 e. The van der Waals surface area contributed by atoms with Gasteiger partial charge in [-0.1, -0.05) is 33.1 Å². The molecule has 0 fully saturated rings. The van der Waals surface area contributed by atoms with Crippen molar-refractivity contribution in [2.45, 2.75) is 45.4 Å². The zero-order chi connectivity index (χ0) is 14.4. The Bertz CT molecular complexity index is 471. The fourth-order valence-electron chi connectivity index (χ4n) is 2.12. The van der Waals surface area contributed by atoms with Crippen molar-refractivity contribution >= 4 is 11.7 Å². The summed E-state index contributed by atoms with van der Waals surface area (Å²) in [5, 5.41) is 19.9. The minimum absolute atomic E-state index is 0.0116. The van der Waals surface area contributed by atoms with E-state index in [4.69, 9.17) is 5.11 Å². The van der Waals surface area contributed by atoms with E-state index in [1.807, 2.05) is 6.92 Å². The number of nitro groups is 1. The predicted octanol–water partition coefficient (Wildman–Crippen LogP) is 3.98. The summed E-state index contributed by atoms with van der Waals surface area (Å²) in [5.41, 5.74) is 0.662. The van der Waals surface area contributed by atoms with Crippen molar-refractivity contribution in [2.75, 3.05) is 0 Å². The van der Waals surface area contributed by atoms with Crippen LogP contribution in [0.5, 0.6) is 0 Å². The van der Waals surface area contributed by atoms with Gasteiger partial charge in [-0.3, -0.25) is 10.1 Å². The number of unbranched alkanes of at least 4 members (excludes halogenated alkanes) is 2. The number of nitrogens with zero attached hydrogens (tertiary/aromatic N) is 1. The van der Waals surface area contributed by atoms with Crippen LogP contribution in [0.25, 0.3) is 0 Å². The number of aromatic carboxylic acids is 1. The van der Waals surface area contributed by atoms with Gasteiger partial charge in [0.05, 0.1) is 10.5 Å². The van der Waals surface area contributed by atoms with Gasteiger partial charge in [0.2, 0.25) is 0 Å². The highest BCUT2D eigenvalue weighted by molar-refractivity contribution is 5.90. The minimum Gasteiger partial charge on any atom is -0.478 e. The zero-order valence-electron chi connectivity index (χ0n) is 11.3. The van der Waals surface area contributed by atoms with E-state index in [1.54, 1.807) is 0 Å². The maximum atomic E-state index is 11.2. The Labute approximate surface area is 112 Å². The molecule has 0 radical (unpaired) electrons. The SMILES string of the molecule is CCCCCC(C)c1cc([N+](=O)[O-])ccc1C(=O)O. The van der Waals surface area contributed by atoms with Crippen molar-refractivity contribution in [3.8, 4) is 0 Å². The molecule has 0 aromatic heterocycles. The molecule has 1 aromatic rings. The summed E-state index contributed by atoms with van der Waals surface area (Å²) in [6.45, 7) is 4.02. The number of carboxylic acid groups (broad SMARTS) is 1. The number of hydrogen-bond acceptors (Lipinski definition) is 3. The first kappa shape index (κ1) is 15.1. The Balaban J connectivity index is 3.02. The second-order valence-corrected chi connectivity index (χ2v) is 4.73. The second-order valence-electron chi connectivity index (χ2n) is 4.73. The van der Waals surface area contributed by atoms with Gasteiger partial charge in [0.15, 0.2) is 0 Å². The number of nitro benzene ring substituents is 1. The number of rotatable bonds is 7. The van der Waals surface area contributed by atoms with E-state index in [0.717, 1.165) is 25.7 Å². The summed E-state index contributed by atoms with van der Waals surface area (Å²) < 4.78 is 0. The lowest BCUT2D eigenvalue weighted by atomic mass is 9.91. The van der Waals surface area contributed by atoms with Crippen LogP contribution in [0.2, 0.25) is 0 Å². The van der Waals surface area contributed by atoms with Gasteiger partial charge in [-0.15, -0.1) is 0 Å². The van der Waals surface area contributed by atoms with Gasteiger partial charge in [-0.05, 0) is 24.0 Å². The molecular formula is C14H19NO4. The van der Waals surface area contributed by atoms with E-state index >= 15 is 0 Å². The van der Waals surface area contributed by atoms with Gasteiger partial charge < -0.3 is 5.11 Å². The lowest BCUT2D eigenvalue weighted by molar-refractivity contribution is -0.384. The maximum Gasteiger partial charge on any atom is 0.335 e. The highest BCUT2D eigenvalue weighted by Gasteiger charge is 2.19. The van der Waals surface area contributed by atoms with E-state index in [1.165, 1.54) is 18.2 Å². The van der Waals surface area contributed by atoms with Gasteiger partial charge in [0.1, 0.15) is 0 Å². The van der Waals surface area contributed by atoms with Crippen LogP contribution in [0, 0.1) is 10.1 Å². The molecular weight excluding hydrogens is 246 g/mol. The standard InChI is InChI=1S/C14H19NO4/c1-3-4-5-6-10(2)13-9-11(15(18)19)7-8-12(13)14(16)17/h7-10H,3-6H2,1-2H3,(H,16,17). The molecule has 0 amide bonds. The average molecular weight is 265 g/mol. The highest BCUT2D eigenvalue weighted by atomic mass is 16.6. The molecule has 1 atom stereocenters. The number of non-ortho nitro benzene ring substituents is 1. The summed E-state index contributed by atoms with van der Waals surface area (Å²) in [6, 6.07) is 3.96. The number of hydrogen-bond donors (Lipinski definition) is 1. The lowest BCUT2D eigenvalue weighted by Gasteiger charge is -2.14.